The summed E-state index contributed by atoms with van der Waals surface area (Å²) in [6.45, 7) is 5.21. The van der Waals surface area contributed by atoms with E-state index in [0.717, 1.165) is 16.9 Å². The standard InChI is InChI=1S/C19H24N2O4/c1-15-7-9-24-18(15)12-20-11-17-13-21(8-10-23-17)19(22)25-14-16-5-3-2-4-6-16/h2-7,9,17,20H,8,10-14H2,1H3. The van der Waals surface area contributed by atoms with Crippen LogP contribution in [-0.2, 0) is 22.6 Å². The van der Waals surface area contributed by atoms with Crippen molar-refractivity contribution in [2.75, 3.05) is 26.2 Å². The summed E-state index contributed by atoms with van der Waals surface area (Å²) in [4.78, 5) is 13.9. The Labute approximate surface area is 147 Å². The summed E-state index contributed by atoms with van der Waals surface area (Å²) in [5.41, 5.74) is 2.11. The molecule has 0 aliphatic carbocycles. The lowest BCUT2D eigenvalue weighted by Gasteiger charge is -2.32. The van der Waals surface area contributed by atoms with Crippen LogP contribution in [0, 0.1) is 6.92 Å². The topological polar surface area (TPSA) is 63.9 Å². The number of nitrogens with one attached hydrogen (secondary N) is 1. The van der Waals surface area contributed by atoms with E-state index in [1.165, 1.54) is 0 Å². The molecule has 1 amide bonds. The van der Waals surface area contributed by atoms with Gasteiger partial charge in [-0.2, -0.15) is 0 Å². The van der Waals surface area contributed by atoms with Crippen molar-refractivity contribution < 1.29 is 18.7 Å². The second-order valence-corrected chi connectivity index (χ2v) is 6.14. The van der Waals surface area contributed by atoms with Gasteiger partial charge in [0.2, 0.25) is 0 Å². The van der Waals surface area contributed by atoms with Gasteiger partial charge in [-0.05, 0) is 24.1 Å². The molecule has 1 aromatic heterocycles. The molecule has 1 atom stereocenters. The van der Waals surface area contributed by atoms with Crippen LogP contribution >= 0.6 is 0 Å². The Hall–Kier alpha value is -2.31. The molecule has 2 heterocycles. The van der Waals surface area contributed by atoms with Crippen molar-refractivity contribution in [2.24, 2.45) is 0 Å². The number of benzene rings is 1. The van der Waals surface area contributed by atoms with E-state index < -0.39 is 0 Å². The van der Waals surface area contributed by atoms with Gasteiger partial charge in [0.1, 0.15) is 12.4 Å². The Balaban J connectivity index is 1.41. The van der Waals surface area contributed by atoms with Gasteiger partial charge in [-0.15, -0.1) is 0 Å². The van der Waals surface area contributed by atoms with Crippen molar-refractivity contribution >= 4 is 6.09 Å². The predicted molar refractivity (Wildman–Crippen MR) is 93.1 cm³/mol. The Morgan fingerprint density at radius 1 is 1.32 bits per heavy atom. The van der Waals surface area contributed by atoms with E-state index in [9.17, 15) is 4.79 Å². The molecule has 6 heteroatoms. The van der Waals surface area contributed by atoms with Gasteiger partial charge in [-0.1, -0.05) is 30.3 Å². The van der Waals surface area contributed by atoms with E-state index in [4.69, 9.17) is 13.9 Å². The highest BCUT2D eigenvalue weighted by Crippen LogP contribution is 2.10. The maximum Gasteiger partial charge on any atom is 0.410 e. The minimum Gasteiger partial charge on any atom is -0.468 e. The number of rotatable bonds is 6. The normalized spacial score (nSPS) is 17.5. The van der Waals surface area contributed by atoms with Crippen molar-refractivity contribution in [3.63, 3.8) is 0 Å². The molecule has 0 bridgehead atoms. The molecule has 3 rings (SSSR count). The van der Waals surface area contributed by atoms with Crippen LogP contribution < -0.4 is 5.32 Å². The highest BCUT2D eigenvalue weighted by Gasteiger charge is 2.25. The van der Waals surface area contributed by atoms with E-state index >= 15 is 0 Å². The first kappa shape index (κ1) is 17.5. The van der Waals surface area contributed by atoms with E-state index in [2.05, 4.69) is 5.32 Å². The van der Waals surface area contributed by atoms with Crippen LogP contribution in [0.3, 0.4) is 0 Å². The second-order valence-electron chi connectivity index (χ2n) is 6.14. The molecule has 1 unspecified atom stereocenters. The predicted octanol–water partition coefficient (Wildman–Crippen LogP) is 2.72. The van der Waals surface area contributed by atoms with Gasteiger partial charge in [0.25, 0.3) is 0 Å². The van der Waals surface area contributed by atoms with Gasteiger partial charge in [0.15, 0.2) is 0 Å². The van der Waals surface area contributed by atoms with Gasteiger partial charge in [0, 0.05) is 13.1 Å². The first-order chi connectivity index (χ1) is 12.2. The zero-order valence-electron chi connectivity index (χ0n) is 14.4. The van der Waals surface area contributed by atoms with Crippen LogP contribution in [0.5, 0.6) is 0 Å². The number of carbonyl (C=O) groups excluding carboxylic acids is 1. The smallest absolute Gasteiger partial charge is 0.410 e. The molecule has 1 N–H and O–H groups in total. The van der Waals surface area contributed by atoms with Gasteiger partial charge in [-0.3, -0.25) is 0 Å². The Bertz CT molecular complexity index is 671. The van der Waals surface area contributed by atoms with Crippen LogP contribution in [0.4, 0.5) is 4.79 Å². The number of hydrogen-bond acceptors (Lipinski definition) is 5. The molecule has 1 saturated heterocycles. The summed E-state index contributed by atoms with van der Waals surface area (Å²) in [6.07, 6.45) is 1.35. The molecule has 1 aromatic carbocycles. The average Bonchev–Trinajstić information content (AvgIpc) is 3.06. The number of nitrogens with zero attached hydrogens (tertiary/aromatic N) is 1. The fourth-order valence-corrected chi connectivity index (χ4v) is 2.75. The highest BCUT2D eigenvalue weighted by molar-refractivity contribution is 5.67. The van der Waals surface area contributed by atoms with Crippen molar-refractivity contribution in [1.29, 1.82) is 0 Å². The van der Waals surface area contributed by atoms with Crippen molar-refractivity contribution in [1.82, 2.24) is 10.2 Å². The Morgan fingerprint density at radius 3 is 2.92 bits per heavy atom. The molecule has 25 heavy (non-hydrogen) atoms. The second kappa shape index (κ2) is 8.69. The molecule has 2 aromatic rings. The summed E-state index contributed by atoms with van der Waals surface area (Å²) in [5, 5.41) is 3.32. The lowest BCUT2D eigenvalue weighted by Crippen LogP contribution is -2.49. The number of aryl methyl sites for hydroxylation is 1. The molecule has 1 fully saturated rings. The first-order valence-electron chi connectivity index (χ1n) is 8.53. The quantitative estimate of drug-likeness (QED) is 0.873. The molecule has 6 nitrogen and oxygen atoms in total. The minimum absolute atomic E-state index is 0.0479. The first-order valence-corrected chi connectivity index (χ1v) is 8.53. The van der Waals surface area contributed by atoms with Crippen LogP contribution in [0.25, 0.3) is 0 Å². The largest absolute Gasteiger partial charge is 0.468 e. The fraction of sp³-hybridized carbons (Fsp3) is 0.421. The monoisotopic (exact) mass is 344 g/mol. The number of carbonyl (C=O) groups is 1. The minimum atomic E-state index is -0.293. The Kier molecular flexibility index (Phi) is 6.09. The Morgan fingerprint density at radius 2 is 2.16 bits per heavy atom. The van der Waals surface area contributed by atoms with E-state index in [1.54, 1.807) is 11.2 Å². The SMILES string of the molecule is Cc1ccoc1CNCC1CN(C(=O)OCc2ccccc2)CCO1. The zero-order valence-corrected chi connectivity index (χ0v) is 14.4. The number of amides is 1. The molecule has 1 aliphatic rings. The third-order valence-corrected chi connectivity index (χ3v) is 4.23. The molecule has 0 radical (unpaired) electrons. The number of hydrogen-bond donors (Lipinski definition) is 1. The summed E-state index contributed by atoms with van der Waals surface area (Å²) >= 11 is 0. The maximum absolute atomic E-state index is 12.2. The van der Waals surface area contributed by atoms with Crippen molar-refractivity contribution in [2.45, 2.75) is 26.2 Å². The lowest BCUT2D eigenvalue weighted by molar-refractivity contribution is -0.0272. The van der Waals surface area contributed by atoms with Crippen molar-refractivity contribution in [3.8, 4) is 0 Å². The number of morpholine rings is 1. The average molecular weight is 344 g/mol. The van der Waals surface area contributed by atoms with E-state index in [0.29, 0.717) is 32.8 Å². The summed E-state index contributed by atoms with van der Waals surface area (Å²) in [5.74, 6) is 0.926. The van der Waals surface area contributed by atoms with Crippen LogP contribution in [-0.4, -0.2) is 43.3 Å². The summed E-state index contributed by atoms with van der Waals surface area (Å²) < 4.78 is 16.5. The molecule has 0 saturated carbocycles. The molecule has 1 aliphatic heterocycles. The van der Waals surface area contributed by atoms with Gasteiger partial charge < -0.3 is 24.1 Å². The summed E-state index contributed by atoms with van der Waals surface area (Å²) in [6, 6.07) is 11.6. The number of ether oxygens (including phenoxy) is 2. The van der Waals surface area contributed by atoms with Crippen LogP contribution in [0.15, 0.2) is 47.1 Å². The van der Waals surface area contributed by atoms with Crippen LogP contribution in [0.1, 0.15) is 16.9 Å². The molecule has 0 spiro atoms. The van der Waals surface area contributed by atoms with Gasteiger partial charge in [0.05, 0.1) is 32.1 Å². The molecular formula is C19H24N2O4. The zero-order chi connectivity index (χ0) is 17.5. The van der Waals surface area contributed by atoms with Gasteiger partial charge >= 0.3 is 6.09 Å². The van der Waals surface area contributed by atoms with Crippen molar-refractivity contribution in [3.05, 3.63) is 59.5 Å². The third-order valence-electron chi connectivity index (χ3n) is 4.23. The number of furan rings is 1. The molecule has 134 valence electrons. The third kappa shape index (κ3) is 5.08. The van der Waals surface area contributed by atoms with Gasteiger partial charge in [-0.25, -0.2) is 4.79 Å². The molecular weight excluding hydrogens is 320 g/mol. The maximum atomic E-state index is 12.2. The fourth-order valence-electron chi connectivity index (χ4n) is 2.75. The highest BCUT2D eigenvalue weighted by atomic mass is 16.6. The lowest BCUT2D eigenvalue weighted by atomic mass is 10.2. The van der Waals surface area contributed by atoms with Crippen LogP contribution in [0.2, 0.25) is 0 Å². The summed E-state index contributed by atoms with van der Waals surface area (Å²) in [7, 11) is 0. The van der Waals surface area contributed by atoms with E-state index in [-0.39, 0.29) is 18.8 Å². The van der Waals surface area contributed by atoms with E-state index in [1.807, 2.05) is 43.3 Å².